The van der Waals surface area contributed by atoms with Crippen LogP contribution in [0.15, 0.2) is 23.6 Å². The number of hydrogen-bond acceptors (Lipinski definition) is 8. The van der Waals surface area contributed by atoms with E-state index in [1.807, 2.05) is 0 Å². The highest BCUT2D eigenvalue weighted by atomic mass is 32.1. The van der Waals surface area contributed by atoms with Crippen molar-refractivity contribution in [2.24, 2.45) is 5.16 Å². The first-order chi connectivity index (χ1) is 14.8. The van der Waals surface area contributed by atoms with E-state index in [1.165, 1.54) is 28.2 Å². The number of oxime groups is 1. The monoisotopic (exact) mass is 457 g/mol. The molecule has 3 heterocycles. The lowest BCUT2D eigenvalue weighted by atomic mass is 9.94. The van der Waals surface area contributed by atoms with Crippen molar-refractivity contribution >= 4 is 33.0 Å². The molecule has 8 nitrogen and oxygen atoms in total. The summed E-state index contributed by atoms with van der Waals surface area (Å²) < 4.78 is 53.0. The third kappa shape index (κ3) is 4.70. The maximum Gasteiger partial charge on any atom is 0.419 e. The van der Waals surface area contributed by atoms with Crippen LogP contribution in [0.1, 0.15) is 31.2 Å². The van der Waals surface area contributed by atoms with Gasteiger partial charge in [0.1, 0.15) is 19.1 Å². The van der Waals surface area contributed by atoms with Gasteiger partial charge in [-0.25, -0.2) is 18.9 Å². The Bertz CT molecular complexity index is 1080. The van der Waals surface area contributed by atoms with Crippen LogP contribution >= 0.6 is 11.3 Å². The minimum absolute atomic E-state index is 0.0413. The predicted octanol–water partition coefficient (Wildman–Crippen LogP) is 4.15. The fraction of sp³-hybridized carbons (Fsp3) is 0.444. The van der Waals surface area contributed by atoms with E-state index in [0.29, 0.717) is 15.8 Å². The molecule has 0 unspecified atom stereocenters. The van der Waals surface area contributed by atoms with Crippen molar-refractivity contribution in [2.75, 3.05) is 24.3 Å². The third-order valence-electron chi connectivity index (χ3n) is 4.86. The fourth-order valence-corrected chi connectivity index (χ4v) is 4.18. The molecule has 0 radical (unpaired) electrons. The van der Waals surface area contributed by atoms with Crippen molar-refractivity contribution in [3.63, 3.8) is 0 Å². The zero-order valence-corrected chi connectivity index (χ0v) is 17.0. The van der Waals surface area contributed by atoms with Gasteiger partial charge in [0, 0.05) is 17.8 Å². The van der Waals surface area contributed by atoms with Gasteiger partial charge in [-0.2, -0.15) is 13.2 Å². The number of alkyl halides is 4. The lowest BCUT2D eigenvalue weighted by Gasteiger charge is -2.23. The normalized spacial score (nSPS) is 17.2. The summed E-state index contributed by atoms with van der Waals surface area (Å²) in [6.07, 6.45) is 1.20. The van der Waals surface area contributed by atoms with Gasteiger partial charge in [-0.05, 0) is 31.7 Å². The topological polar surface area (TPSA) is 103 Å². The first-order valence-electron chi connectivity index (χ1n) is 9.53. The molecular weight excluding hydrogens is 438 g/mol. The number of rotatable bonds is 6. The van der Waals surface area contributed by atoms with Gasteiger partial charge in [0.15, 0.2) is 0 Å². The number of nitrogens with zero attached hydrogens (tertiary/aromatic N) is 5. The van der Waals surface area contributed by atoms with Crippen LogP contribution in [-0.4, -0.2) is 44.6 Å². The molecule has 1 aliphatic rings. The Morgan fingerprint density at radius 2 is 2.03 bits per heavy atom. The molecule has 31 heavy (non-hydrogen) atoms. The minimum Gasteiger partial charge on any atom is -0.393 e. The summed E-state index contributed by atoms with van der Waals surface area (Å²) in [5.41, 5.74) is 5.90. The van der Waals surface area contributed by atoms with E-state index >= 15 is 0 Å². The van der Waals surface area contributed by atoms with Crippen molar-refractivity contribution in [3.05, 3.63) is 24.0 Å². The lowest BCUT2D eigenvalue weighted by molar-refractivity contribution is -0.137. The molecule has 3 aromatic rings. The molecule has 0 amide bonds. The molecule has 0 aromatic carbocycles. The zero-order chi connectivity index (χ0) is 22.0. The molecule has 1 aliphatic carbocycles. The van der Waals surface area contributed by atoms with Crippen molar-refractivity contribution in [2.45, 2.75) is 37.9 Å². The zero-order valence-electron chi connectivity index (χ0n) is 16.2. The molecule has 0 spiro atoms. The summed E-state index contributed by atoms with van der Waals surface area (Å²) in [4.78, 5) is 13.4. The summed E-state index contributed by atoms with van der Waals surface area (Å²) >= 11 is 1.30. The number of nitrogens with two attached hydrogens (primary N) is 1. The van der Waals surface area contributed by atoms with Crippen molar-refractivity contribution in [1.29, 1.82) is 0 Å². The van der Waals surface area contributed by atoms with Gasteiger partial charge in [0.2, 0.25) is 10.1 Å². The van der Waals surface area contributed by atoms with Crippen LogP contribution in [0.25, 0.3) is 16.2 Å². The molecule has 3 aromatic heterocycles. The lowest BCUT2D eigenvalue weighted by Crippen LogP contribution is -2.26. The van der Waals surface area contributed by atoms with Gasteiger partial charge in [0.25, 0.3) is 0 Å². The maximum absolute atomic E-state index is 13.2. The average Bonchev–Trinajstić information content (AvgIpc) is 3.29. The first kappa shape index (κ1) is 21.3. The van der Waals surface area contributed by atoms with E-state index < -0.39 is 24.2 Å². The molecule has 1 saturated carbocycles. The van der Waals surface area contributed by atoms with E-state index in [-0.39, 0.29) is 18.2 Å². The molecule has 3 N–H and O–H groups in total. The highest BCUT2D eigenvalue weighted by Gasteiger charge is 2.34. The first-order valence-corrected chi connectivity index (χ1v) is 10.3. The summed E-state index contributed by atoms with van der Waals surface area (Å²) in [5.74, 6) is -0.576. The van der Waals surface area contributed by atoms with Crippen LogP contribution in [0.2, 0.25) is 0 Å². The third-order valence-corrected chi connectivity index (χ3v) is 5.71. The summed E-state index contributed by atoms with van der Waals surface area (Å²) in [7, 11) is 0. The number of nitrogen functional groups attached to an aromatic ring is 1. The van der Waals surface area contributed by atoms with Crippen LogP contribution in [-0.2, 0) is 11.0 Å². The summed E-state index contributed by atoms with van der Waals surface area (Å²) in [6, 6.07) is 1.11. The summed E-state index contributed by atoms with van der Waals surface area (Å²) in [5, 5.41) is 12.4. The van der Waals surface area contributed by atoms with Crippen LogP contribution < -0.4 is 11.1 Å². The van der Waals surface area contributed by atoms with Crippen LogP contribution in [0.5, 0.6) is 0 Å². The second-order valence-electron chi connectivity index (χ2n) is 7.00. The van der Waals surface area contributed by atoms with Gasteiger partial charge < -0.3 is 15.9 Å². The number of fused-ring (bicyclic) bond motifs is 1. The van der Waals surface area contributed by atoms with E-state index in [2.05, 4.69) is 25.5 Å². The maximum atomic E-state index is 13.2. The Balaban J connectivity index is 1.48. The molecular formula is C18H19F4N7OS. The molecule has 0 bridgehead atoms. The Hall–Kier alpha value is -2.96. The Labute approximate surface area is 178 Å². The number of hydrogen-bond donors (Lipinski definition) is 2. The average molecular weight is 457 g/mol. The SMILES string of the molecule is Nc1ncc(-c2cnc3sc(NC4CCC(=NOCCF)CC4)nn23)cc1C(F)(F)F. The van der Waals surface area contributed by atoms with Crippen LogP contribution in [0.3, 0.4) is 0 Å². The fourth-order valence-electron chi connectivity index (χ4n) is 3.32. The highest BCUT2D eigenvalue weighted by Crippen LogP contribution is 2.35. The second kappa shape index (κ2) is 8.65. The van der Waals surface area contributed by atoms with Gasteiger partial charge in [-0.3, -0.25) is 0 Å². The van der Waals surface area contributed by atoms with E-state index in [0.717, 1.165) is 37.5 Å². The van der Waals surface area contributed by atoms with Gasteiger partial charge in [0.05, 0.1) is 23.2 Å². The molecule has 13 heteroatoms. The molecule has 4 rings (SSSR count). The number of nitrogens with one attached hydrogen (secondary N) is 1. The van der Waals surface area contributed by atoms with Gasteiger partial charge in [-0.15, -0.1) is 5.10 Å². The molecule has 1 fully saturated rings. The molecule has 0 atom stereocenters. The van der Waals surface area contributed by atoms with Crippen molar-refractivity contribution in [1.82, 2.24) is 19.6 Å². The van der Waals surface area contributed by atoms with Crippen LogP contribution in [0.4, 0.5) is 28.5 Å². The number of pyridine rings is 1. The van der Waals surface area contributed by atoms with E-state index in [4.69, 9.17) is 10.6 Å². The Morgan fingerprint density at radius 1 is 1.26 bits per heavy atom. The number of aromatic nitrogens is 4. The molecule has 0 aliphatic heterocycles. The number of anilines is 2. The standard InChI is InChI=1S/C18H19F4N7OS/c19-5-6-30-28-12-3-1-11(2-4-12)26-16-27-29-14(9-25-17(29)31-16)10-7-13(18(20,21)22)15(23)24-8-10/h7-9,11H,1-6H2,(H2,23,24)(H,26,27). The Kier molecular flexibility index (Phi) is 5.94. The smallest absolute Gasteiger partial charge is 0.393 e. The van der Waals surface area contributed by atoms with Gasteiger partial charge in [-0.1, -0.05) is 16.5 Å². The second-order valence-corrected chi connectivity index (χ2v) is 7.95. The van der Waals surface area contributed by atoms with Crippen molar-refractivity contribution in [3.8, 4) is 11.3 Å². The van der Waals surface area contributed by atoms with Crippen molar-refractivity contribution < 1.29 is 22.4 Å². The van der Waals surface area contributed by atoms with Crippen LogP contribution in [0, 0.1) is 0 Å². The largest absolute Gasteiger partial charge is 0.419 e. The highest BCUT2D eigenvalue weighted by molar-refractivity contribution is 7.20. The molecule has 0 saturated heterocycles. The predicted molar refractivity (Wildman–Crippen MR) is 109 cm³/mol. The minimum atomic E-state index is -4.61. The van der Waals surface area contributed by atoms with E-state index in [9.17, 15) is 17.6 Å². The quantitative estimate of drug-likeness (QED) is 0.328. The van der Waals surface area contributed by atoms with Gasteiger partial charge >= 0.3 is 6.18 Å². The number of halogens is 4. The summed E-state index contributed by atoms with van der Waals surface area (Å²) in [6.45, 7) is -0.612. The molecule has 166 valence electrons. The van der Waals surface area contributed by atoms with E-state index in [1.54, 1.807) is 0 Å². The Morgan fingerprint density at radius 3 is 2.74 bits per heavy atom. The number of imidazole rings is 1.